The van der Waals surface area contributed by atoms with Crippen LogP contribution in [0.2, 0.25) is 0 Å². The predicted octanol–water partition coefficient (Wildman–Crippen LogP) is 3.28. The number of ketones is 1. The monoisotopic (exact) mass is 258 g/mol. The zero-order valence-electron chi connectivity index (χ0n) is 11.5. The van der Waals surface area contributed by atoms with Crippen molar-refractivity contribution in [3.63, 3.8) is 0 Å². The maximum absolute atomic E-state index is 11.7. The summed E-state index contributed by atoms with van der Waals surface area (Å²) in [7, 11) is 0. The second-order valence-electron chi connectivity index (χ2n) is 4.46. The van der Waals surface area contributed by atoms with Crippen molar-refractivity contribution >= 4 is 5.78 Å². The molecule has 1 nitrogen and oxygen atoms in total. The van der Waals surface area contributed by atoms with E-state index in [9.17, 15) is 4.79 Å². The molecule has 0 heterocycles. The summed E-state index contributed by atoms with van der Waals surface area (Å²) in [5, 5.41) is 0. The van der Waals surface area contributed by atoms with E-state index in [2.05, 4.69) is 23.7 Å². The van der Waals surface area contributed by atoms with Gasteiger partial charge in [-0.3, -0.25) is 4.79 Å². The molecule has 0 N–H and O–H groups in total. The molecule has 0 bridgehead atoms. The molecule has 0 aromatic heterocycles. The second kappa shape index (κ2) is 6.41. The Hall–Kier alpha value is -2.77. The van der Waals surface area contributed by atoms with Gasteiger partial charge in [0.2, 0.25) is 0 Å². The standard InChI is InChI=1S/C19H14O/c1-15-7-6-8-16(2)19(15)14-13-18(20)12-11-17-9-4-3-5-10-17/h3-10H,1-2H3. The van der Waals surface area contributed by atoms with Crippen LogP contribution in [0.3, 0.4) is 0 Å². The number of carbonyl (C=O) groups excluding carboxylic acids is 1. The van der Waals surface area contributed by atoms with Gasteiger partial charge < -0.3 is 0 Å². The minimum Gasteiger partial charge on any atom is -0.270 e. The highest BCUT2D eigenvalue weighted by Crippen LogP contribution is 2.11. The lowest BCUT2D eigenvalue weighted by Gasteiger charge is -2.00. The molecule has 0 radical (unpaired) electrons. The van der Waals surface area contributed by atoms with Crippen LogP contribution < -0.4 is 0 Å². The van der Waals surface area contributed by atoms with Crippen LogP contribution >= 0.6 is 0 Å². The molecular formula is C19H14O. The summed E-state index contributed by atoms with van der Waals surface area (Å²) >= 11 is 0. The molecule has 0 atom stereocenters. The molecule has 0 spiro atoms. The quantitative estimate of drug-likeness (QED) is 0.663. The fourth-order valence-electron chi connectivity index (χ4n) is 1.81. The van der Waals surface area contributed by atoms with Crippen molar-refractivity contribution in [2.45, 2.75) is 13.8 Å². The topological polar surface area (TPSA) is 17.1 Å². The number of rotatable bonds is 0. The molecule has 0 aliphatic carbocycles. The Morgan fingerprint density at radius 2 is 1.40 bits per heavy atom. The molecule has 96 valence electrons. The largest absolute Gasteiger partial charge is 0.279 e. The van der Waals surface area contributed by atoms with Gasteiger partial charge in [-0.25, -0.2) is 0 Å². The summed E-state index contributed by atoms with van der Waals surface area (Å²) < 4.78 is 0. The number of aryl methyl sites for hydroxylation is 2. The van der Waals surface area contributed by atoms with E-state index in [0.717, 1.165) is 22.3 Å². The Balaban J connectivity index is 2.18. The van der Waals surface area contributed by atoms with Crippen LogP contribution in [-0.2, 0) is 4.79 Å². The highest BCUT2D eigenvalue weighted by molar-refractivity contribution is 6.09. The molecule has 2 aromatic carbocycles. The van der Waals surface area contributed by atoms with Gasteiger partial charge in [-0.2, -0.15) is 0 Å². The number of hydrogen-bond acceptors (Lipinski definition) is 1. The van der Waals surface area contributed by atoms with Gasteiger partial charge in [0.15, 0.2) is 0 Å². The van der Waals surface area contributed by atoms with Crippen LogP contribution in [0.15, 0.2) is 48.5 Å². The second-order valence-corrected chi connectivity index (χ2v) is 4.46. The molecule has 0 aliphatic rings. The van der Waals surface area contributed by atoms with Gasteiger partial charge in [0.25, 0.3) is 5.78 Å². The third kappa shape index (κ3) is 3.61. The van der Waals surface area contributed by atoms with E-state index in [4.69, 9.17) is 0 Å². The van der Waals surface area contributed by atoms with E-state index in [1.165, 1.54) is 0 Å². The first-order valence-corrected chi connectivity index (χ1v) is 6.36. The molecule has 0 saturated heterocycles. The SMILES string of the molecule is Cc1cccc(C)c1C#CC(=O)C#Cc1ccccc1. The summed E-state index contributed by atoms with van der Waals surface area (Å²) in [6, 6.07) is 15.3. The molecule has 0 aliphatic heterocycles. The Bertz CT molecular complexity index is 727. The first kappa shape index (κ1) is 13.7. The van der Waals surface area contributed by atoms with Gasteiger partial charge >= 0.3 is 0 Å². The molecule has 0 unspecified atom stereocenters. The van der Waals surface area contributed by atoms with Crippen LogP contribution in [0.5, 0.6) is 0 Å². The Kier molecular flexibility index (Phi) is 4.38. The van der Waals surface area contributed by atoms with Crippen LogP contribution in [0.4, 0.5) is 0 Å². The van der Waals surface area contributed by atoms with Crippen molar-refractivity contribution in [2.24, 2.45) is 0 Å². The van der Waals surface area contributed by atoms with E-state index in [-0.39, 0.29) is 5.78 Å². The van der Waals surface area contributed by atoms with E-state index < -0.39 is 0 Å². The highest BCUT2D eigenvalue weighted by atomic mass is 16.1. The zero-order valence-corrected chi connectivity index (χ0v) is 11.5. The number of carbonyl (C=O) groups is 1. The molecule has 0 amide bonds. The molecular weight excluding hydrogens is 244 g/mol. The number of benzene rings is 2. The summed E-state index contributed by atoms with van der Waals surface area (Å²) in [5.41, 5.74) is 3.86. The molecule has 2 rings (SSSR count). The normalized spacial score (nSPS) is 8.90. The predicted molar refractivity (Wildman–Crippen MR) is 81.1 cm³/mol. The fraction of sp³-hybridized carbons (Fsp3) is 0.105. The summed E-state index contributed by atoms with van der Waals surface area (Å²) in [4.78, 5) is 11.7. The maximum atomic E-state index is 11.7. The third-order valence-corrected chi connectivity index (χ3v) is 2.88. The van der Waals surface area contributed by atoms with E-state index in [1.54, 1.807) is 0 Å². The minimum atomic E-state index is -0.364. The van der Waals surface area contributed by atoms with Crippen molar-refractivity contribution in [3.05, 3.63) is 70.8 Å². The first-order chi connectivity index (χ1) is 9.66. The van der Waals surface area contributed by atoms with Gasteiger partial charge in [0.1, 0.15) is 0 Å². The molecule has 2 aromatic rings. The minimum absolute atomic E-state index is 0.364. The van der Waals surface area contributed by atoms with Crippen molar-refractivity contribution in [1.82, 2.24) is 0 Å². The average Bonchev–Trinajstić information content (AvgIpc) is 2.46. The van der Waals surface area contributed by atoms with Gasteiger partial charge in [0.05, 0.1) is 0 Å². The lowest BCUT2D eigenvalue weighted by molar-refractivity contribution is -0.108. The van der Waals surface area contributed by atoms with Crippen molar-refractivity contribution < 1.29 is 4.79 Å². The Morgan fingerprint density at radius 3 is 2.05 bits per heavy atom. The number of hydrogen-bond donors (Lipinski definition) is 0. The lowest BCUT2D eigenvalue weighted by atomic mass is 10.0. The Labute approximate surface area is 119 Å². The van der Waals surface area contributed by atoms with Crippen molar-refractivity contribution in [2.75, 3.05) is 0 Å². The lowest BCUT2D eigenvalue weighted by Crippen LogP contribution is -1.90. The molecule has 0 saturated carbocycles. The van der Waals surface area contributed by atoms with Gasteiger partial charge in [-0.05, 0) is 48.9 Å². The fourth-order valence-corrected chi connectivity index (χ4v) is 1.81. The molecule has 0 fully saturated rings. The van der Waals surface area contributed by atoms with Gasteiger partial charge in [0, 0.05) is 11.1 Å². The zero-order chi connectivity index (χ0) is 14.4. The summed E-state index contributed by atoms with van der Waals surface area (Å²) in [5.74, 6) is 10.5. The van der Waals surface area contributed by atoms with E-state index in [0.29, 0.717) is 0 Å². The summed E-state index contributed by atoms with van der Waals surface area (Å²) in [6.45, 7) is 3.97. The average molecular weight is 258 g/mol. The van der Waals surface area contributed by atoms with Gasteiger partial charge in [-0.15, -0.1) is 0 Å². The first-order valence-electron chi connectivity index (χ1n) is 6.36. The number of Topliss-reactive ketones (excluding diaryl/α,β-unsaturated/α-hetero) is 1. The van der Waals surface area contributed by atoms with Crippen LogP contribution in [-0.4, -0.2) is 5.78 Å². The van der Waals surface area contributed by atoms with Crippen LogP contribution in [0.25, 0.3) is 0 Å². The van der Waals surface area contributed by atoms with E-state index in [1.807, 2.05) is 62.4 Å². The van der Waals surface area contributed by atoms with Gasteiger partial charge in [-0.1, -0.05) is 48.2 Å². The third-order valence-electron chi connectivity index (χ3n) is 2.88. The van der Waals surface area contributed by atoms with Crippen molar-refractivity contribution in [1.29, 1.82) is 0 Å². The Morgan fingerprint density at radius 1 is 0.800 bits per heavy atom. The van der Waals surface area contributed by atoms with Crippen LogP contribution in [0.1, 0.15) is 22.3 Å². The molecule has 20 heavy (non-hydrogen) atoms. The van der Waals surface area contributed by atoms with Crippen LogP contribution in [0, 0.1) is 37.5 Å². The van der Waals surface area contributed by atoms with E-state index >= 15 is 0 Å². The highest BCUT2D eigenvalue weighted by Gasteiger charge is 1.98. The smallest absolute Gasteiger partial charge is 0.270 e. The van der Waals surface area contributed by atoms with Crippen molar-refractivity contribution in [3.8, 4) is 23.7 Å². The summed E-state index contributed by atoms with van der Waals surface area (Å²) in [6.07, 6.45) is 0. The maximum Gasteiger partial charge on any atom is 0.279 e. The molecule has 1 heteroatoms.